The first-order valence-electron chi connectivity index (χ1n) is 5.70. The van der Waals surface area contributed by atoms with E-state index in [0.717, 1.165) is 12.1 Å². The number of hydrogen-bond acceptors (Lipinski definition) is 3. The molecule has 0 radical (unpaired) electrons. The number of rotatable bonds is 2. The highest BCUT2D eigenvalue weighted by molar-refractivity contribution is 7.89. The lowest BCUT2D eigenvalue weighted by atomic mass is 10.3. The highest BCUT2D eigenvalue weighted by Crippen LogP contribution is 2.32. The quantitative estimate of drug-likeness (QED) is 0.905. The summed E-state index contributed by atoms with van der Waals surface area (Å²) in [6.45, 7) is 3.09. The maximum atomic E-state index is 13.1. The molecule has 0 unspecified atom stereocenters. The number of nitrogens with zero attached hydrogens (tertiary/aromatic N) is 1. The maximum absolute atomic E-state index is 13.1. The Morgan fingerprint density at radius 2 is 1.95 bits per heavy atom. The van der Waals surface area contributed by atoms with E-state index in [4.69, 9.17) is 23.2 Å². The first-order chi connectivity index (χ1) is 8.82. The molecule has 2 rings (SSSR count). The van der Waals surface area contributed by atoms with Gasteiger partial charge in [-0.25, -0.2) is 12.8 Å². The molecule has 0 spiro atoms. The molecule has 1 fully saturated rings. The lowest BCUT2D eigenvalue weighted by Crippen LogP contribution is -2.51. The average Bonchev–Trinajstić information content (AvgIpc) is 2.26. The van der Waals surface area contributed by atoms with E-state index in [0.29, 0.717) is 19.6 Å². The molecule has 106 valence electrons. The summed E-state index contributed by atoms with van der Waals surface area (Å²) in [6.07, 6.45) is 0. The van der Waals surface area contributed by atoms with Gasteiger partial charge in [-0.05, 0) is 19.1 Å². The summed E-state index contributed by atoms with van der Waals surface area (Å²) in [5.74, 6) is -0.664. The van der Waals surface area contributed by atoms with E-state index in [9.17, 15) is 12.8 Å². The van der Waals surface area contributed by atoms with E-state index in [1.54, 1.807) is 0 Å². The molecule has 0 aliphatic carbocycles. The smallest absolute Gasteiger partial charge is 0.246 e. The third-order valence-electron chi connectivity index (χ3n) is 2.89. The molecule has 0 saturated carbocycles. The molecule has 1 atom stereocenters. The van der Waals surface area contributed by atoms with E-state index in [-0.39, 0.29) is 21.0 Å². The number of nitrogens with one attached hydrogen (secondary N) is 1. The summed E-state index contributed by atoms with van der Waals surface area (Å²) in [5.41, 5.74) is 0. The molecular formula is C11H13Cl2FN2O2S. The molecule has 0 bridgehead atoms. The largest absolute Gasteiger partial charge is 0.312 e. The standard InChI is InChI=1S/C11H13Cl2FN2O2S/c1-7-6-16(3-2-15-7)19(17,18)11-9(12)4-8(14)5-10(11)13/h4-5,7,15H,2-3,6H2,1H3/t7-/m0/s1. The Hall–Kier alpha value is -0.400. The first-order valence-corrected chi connectivity index (χ1v) is 7.90. The fourth-order valence-electron chi connectivity index (χ4n) is 2.02. The second kappa shape index (κ2) is 5.54. The van der Waals surface area contributed by atoms with Gasteiger partial charge in [-0.3, -0.25) is 0 Å². The Labute approximate surface area is 121 Å². The molecule has 1 saturated heterocycles. The highest BCUT2D eigenvalue weighted by atomic mass is 35.5. The van der Waals surface area contributed by atoms with Crippen molar-refractivity contribution in [2.24, 2.45) is 0 Å². The molecule has 8 heteroatoms. The third kappa shape index (κ3) is 3.03. The second-order valence-corrected chi connectivity index (χ2v) is 7.11. The van der Waals surface area contributed by atoms with Gasteiger partial charge < -0.3 is 5.32 Å². The minimum atomic E-state index is -3.81. The summed E-state index contributed by atoms with van der Waals surface area (Å²) >= 11 is 11.7. The van der Waals surface area contributed by atoms with E-state index < -0.39 is 15.8 Å². The number of sulfonamides is 1. The maximum Gasteiger partial charge on any atom is 0.246 e. The number of halogens is 3. The van der Waals surface area contributed by atoms with E-state index in [2.05, 4.69) is 5.32 Å². The average molecular weight is 327 g/mol. The second-order valence-electron chi connectivity index (χ2n) is 4.42. The van der Waals surface area contributed by atoms with Crippen molar-refractivity contribution < 1.29 is 12.8 Å². The van der Waals surface area contributed by atoms with Crippen LogP contribution < -0.4 is 5.32 Å². The van der Waals surface area contributed by atoms with Crippen molar-refractivity contribution in [2.75, 3.05) is 19.6 Å². The summed E-state index contributed by atoms with van der Waals surface area (Å²) in [6, 6.07) is 1.94. The minimum absolute atomic E-state index is 0.0431. The van der Waals surface area contributed by atoms with E-state index >= 15 is 0 Å². The molecule has 0 amide bonds. The molecule has 1 aliphatic rings. The summed E-state index contributed by atoms with van der Waals surface area (Å²) in [4.78, 5) is -0.230. The summed E-state index contributed by atoms with van der Waals surface area (Å²) < 4.78 is 39.4. The van der Waals surface area contributed by atoms with Gasteiger partial charge in [0.2, 0.25) is 10.0 Å². The number of piperazine rings is 1. The fraction of sp³-hybridized carbons (Fsp3) is 0.455. The molecule has 1 aromatic rings. The van der Waals surface area contributed by atoms with Crippen LogP contribution in [0.3, 0.4) is 0 Å². The number of benzene rings is 1. The van der Waals surface area contributed by atoms with Crippen molar-refractivity contribution in [1.29, 1.82) is 0 Å². The predicted molar refractivity (Wildman–Crippen MR) is 72.6 cm³/mol. The van der Waals surface area contributed by atoms with E-state index in [1.807, 2.05) is 6.92 Å². The van der Waals surface area contributed by atoms with Crippen LogP contribution in [-0.4, -0.2) is 38.4 Å². The van der Waals surface area contributed by atoms with Gasteiger partial charge in [0.05, 0.1) is 10.0 Å². The summed E-state index contributed by atoms with van der Waals surface area (Å²) in [7, 11) is -3.81. The van der Waals surface area contributed by atoms with Crippen LogP contribution in [-0.2, 0) is 10.0 Å². The van der Waals surface area contributed by atoms with Crippen molar-refractivity contribution in [3.05, 3.63) is 28.0 Å². The lowest BCUT2D eigenvalue weighted by Gasteiger charge is -2.31. The van der Waals surface area contributed by atoms with Gasteiger partial charge in [-0.2, -0.15) is 4.31 Å². The van der Waals surface area contributed by atoms with Crippen molar-refractivity contribution >= 4 is 33.2 Å². The van der Waals surface area contributed by atoms with Gasteiger partial charge in [-0.15, -0.1) is 0 Å². The zero-order chi connectivity index (χ0) is 14.2. The van der Waals surface area contributed by atoms with Gasteiger partial charge in [0.25, 0.3) is 0 Å². The van der Waals surface area contributed by atoms with Crippen LogP contribution in [0.15, 0.2) is 17.0 Å². The molecule has 1 aromatic carbocycles. The van der Waals surface area contributed by atoms with Crippen LogP contribution in [0.1, 0.15) is 6.92 Å². The molecular weight excluding hydrogens is 314 g/mol. The van der Waals surface area contributed by atoms with Crippen molar-refractivity contribution in [2.45, 2.75) is 17.9 Å². The molecule has 1 N–H and O–H groups in total. The topological polar surface area (TPSA) is 49.4 Å². The highest BCUT2D eigenvalue weighted by Gasteiger charge is 2.32. The van der Waals surface area contributed by atoms with Gasteiger partial charge in [-0.1, -0.05) is 23.2 Å². The molecule has 0 aromatic heterocycles. The SMILES string of the molecule is C[C@H]1CN(S(=O)(=O)c2c(Cl)cc(F)cc2Cl)CCN1. The summed E-state index contributed by atoms with van der Waals surface area (Å²) in [5, 5.41) is 2.75. The van der Waals surface area contributed by atoms with Gasteiger partial charge in [0.1, 0.15) is 10.7 Å². The molecule has 19 heavy (non-hydrogen) atoms. The van der Waals surface area contributed by atoms with Crippen LogP contribution in [0.4, 0.5) is 4.39 Å². The molecule has 1 aliphatic heterocycles. The van der Waals surface area contributed by atoms with Gasteiger partial charge in [0, 0.05) is 25.7 Å². The Morgan fingerprint density at radius 3 is 2.47 bits per heavy atom. The fourth-order valence-corrected chi connectivity index (χ4v) is 4.69. The third-order valence-corrected chi connectivity index (χ3v) is 5.68. The zero-order valence-electron chi connectivity index (χ0n) is 10.2. The van der Waals surface area contributed by atoms with Crippen molar-refractivity contribution in [1.82, 2.24) is 9.62 Å². The van der Waals surface area contributed by atoms with Gasteiger partial charge in [0.15, 0.2) is 0 Å². The number of hydrogen-bond donors (Lipinski definition) is 1. The predicted octanol–water partition coefficient (Wildman–Crippen LogP) is 2.11. The van der Waals surface area contributed by atoms with Crippen molar-refractivity contribution in [3.63, 3.8) is 0 Å². The molecule has 4 nitrogen and oxygen atoms in total. The lowest BCUT2D eigenvalue weighted by molar-refractivity contribution is 0.310. The Balaban J connectivity index is 2.45. The van der Waals surface area contributed by atoms with Crippen LogP contribution in [0, 0.1) is 5.82 Å². The monoisotopic (exact) mass is 326 g/mol. The van der Waals surface area contributed by atoms with Crippen LogP contribution in [0.5, 0.6) is 0 Å². The Kier molecular flexibility index (Phi) is 4.37. The zero-order valence-corrected chi connectivity index (χ0v) is 12.5. The van der Waals surface area contributed by atoms with Crippen LogP contribution in [0.25, 0.3) is 0 Å². The van der Waals surface area contributed by atoms with Crippen LogP contribution in [0.2, 0.25) is 10.0 Å². The Morgan fingerprint density at radius 1 is 1.37 bits per heavy atom. The van der Waals surface area contributed by atoms with Crippen LogP contribution >= 0.6 is 23.2 Å². The van der Waals surface area contributed by atoms with Gasteiger partial charge >= 0.3 is 0 Å². The first kappa shape index (κ1) is 15.0. The van der Waals surface area contributed by atoms with E-state index in [1.165, 1.54) is 4.31 Å². The minimum Gasteiger partial charge on any atom is -0.312 e. The Bertz CT molecular complexity index is 571. The van der Waals surface area contributed by atoms with Crippen molar-refractivity contribution in [3.8, 4) is 0 Å². The molecule has 1 heterocycles. The normalized spacial score (nSPS) is 21.6.